The lowest BCUT2D eigenvalue weighted by Gasteiger charge is -2.01. The highest BCUT2D eigenvalue weighted by Gasteiger charge is 2.08. The number of rotatable bonds is 4. The van der Waals surface area contributed by atoms with Crippen LogP contribution in [0.1, 0.15) is 24.6 Å². The molecule has 0 bridgehead atoms. The lowest BCUT2D eigenvalue weighted by molar-refractivity contribution is 0.863. The Morgan fingerprint density at radius 3 is 2.73 bits per heavy atom. The van der Waals surface area contributed by atoms with Crippen LogP contribution in [0.25, 0.3) is 10.9 Å². The van der Waals surface area contributed by atoms with Gasteiger partial charge in [0.1, 0.15) is 0 Å². The van der Waals surface area contributed by atoms with Gasteiger partial charge in [-0.05, 0) is 31.0 Å². The molecular weight excluding hydrogens is 184 g/mol. The third-order valence-electron chi connectivity index (χ3n) is 2.80. The lowest BCUT2D eigenvalue weighted by atomic mass is 10.1. The fourth-order valence-corrected chi connectivity index (χ4v) is 2.15. The van der Waals surface area contributed by atoms with Gasteiger partial charge in [0, 0.05) is 16.6 Å². The van der Waals surface area contributed by atoms with Crippen LogP contribution in [0, 0.1) is 0 Å². The van der Waals surface area contributed by atoms with Gasteiger partial charge >= 0.3 is 0 Å². The van der Waals surface area contributed by atoms with Gasteiger partial charge in [-0.2, -0.15) is 0 Å². The molecule has 1 aromatic heterocycles. The SMILES string of the molecule is CCCc1[nH]c2ccccc2c1CCN. The normalized spacial score (nSPS) is 11.1. The van der Waals surface area contributed by atoms with Gasteiger partial charge in [0.15, 0.2) is 0 Å². The molecule has 0 saturated carbocycles. The molecule has 1 aromatic carbocycles. The van der Waals surface area contributed by atoms with Gasteiger partial charge in [0.25, 0.3) is 0 Å². The van der Waals surface area contributed by atoms with Crippen LogP contribution in [0.4, 0.5) is 0 Å². The van der Waals surface area contributed by atoms with E-state index >= 15 is 0 Å². The average molecular weight is 202 g/mol. The van der Waals surface area contributed by atoms with Crippen LogP contribution in [0.3, 0.4) is 0 Å². The first kappa shape index (κ1) is 10.2. The minimum atomic E-state index is 0.721. The predicted octanol–water partition coefficient (Wildman–Crippen LogP) is 2.62. The summed E-state index contributed by atoms with van der Waals surface area (Å²) in [5, 5.41) is 1.34. The van der Waals surface area contributed by atoms with Crippen molar-refractivity contribution in [2.24, 2.45) is 5.73 Å². The minimum absolute atomic E-state index is 0.721. The van der Waals surface area contributed by atoms with E-state index in [0.717, 1.165) is 19.4 Å². The van der Waals surface area contributed by atoms with Crippen molar-refractivity contribution in [1.82, 2.24) is 4.98 Å². The predicted molar refractivity (Wildman–Crippen MR) is 65.1 cm³/mol. The van der Waals surface area contributed by atoms with Crippen LogP contribution in [0.15, 0.2) is 24.3 Å². The molecule has 2 aromatic rings. The number of aromatic amines is 1. The lowest BCUT2D eigenvalue weighted by Crippen LogP contribution is -2.04. The highest BCUT2D eigenvalue weighted by molar-refractivity contribution is 5.84. The highest BCUT2D eigenvalue weighted by Crippen LogP contribution is 2.23. The standard InChI is InChI=1S/C13H18N2/c1-2-5-12-11(8-9-14)10-6-3-4-7-13(10)15-12/h3-4,6-7,15H,2,5,8-9,14H2,1H3. The van der Waals surface area contributed by atoms with Crippen LogP contribution in [0.5, 0.6) is 0 Å². The van der Waals surface area contributed by atoms with E-state index in [-0.39, 0.29) is 0 Å². The Labute approximate surface area is 90.5 Å². The summed E-state index contributed by atoms with van der Waals surface area (Å²) in [6.45, 7) is 2.93. The molecule has 0 saturated heterocycles. The largest absolute Gasteiger partial charge is 0.358 e. The molecule has 0 aliphatic rings. The number of aromatic nitrogens is 1. The molecule has 0 aliphatic carbocycles. The molecule has 0 radical (unpaired) electrons. The number of H-pyrrole nitrogens is 1. The Kier molecular flexibility index (Phi) is 3.07. The summed E-state index contributed by atoms with van der Waals surface area (Å²) in [6.07, 6.45) is 3.26. The van der Waals surface area contributed by atoms with Crippen LogP contribution in [0.2, 0.25) is 0 Å². The second kappa shape index (κ2) is 4.49. The van der Waals surface area contributed by atoms with Crippen molar-refractivity contribution in [3.05, 3.63) is 35.5 Å². The summed E-state index contributed by atoms with van der Waals surface area (Å²) < 4.78 is 0. The zero-order chi connectivity index (χ0) is 10.7. The number of aryl methyl sites for hydroxylation is 1. The van der Waals surface area contributed by atoms with Crippen LogP contribution < -0.4 is 5.73 Å². The zero-order valence-electron chi connectivity index (χ0n) is 9.22. The Bertz CT molecular complexity index is 443. The molecule has 2 nitrogen and oxygen atoms in total. The maximum Gasteiger partial charge on any atom is 0.0458 e. The average Bonchev–Trinajstić information content (AvgIpc) is 2.59. The van der Waals surface area contributed by atoms with Crippen LogP contribution in [-0.4, -0.2) is 11.5 Å². The van der Waals surface area contributed by atoms with E-state index in [1.54, 1.807) is 0 Å². The number of nitrogens with one attached hydrogen (secondary N) is 1. The summed E-state index contributed by atoms with van der Waals surface area (Å²) in [6, 6.07) is 8.47. The monoisotopic (exact) mass is 202 g/mol. The summed E-state index contributed by atoms with van der Waals surface area (Å²) >= 11 is 0. The van der Waals surface area contributed by atoms with Crippen LogP contribution >= 0.6 is 0 Å². The van der Waals surface area contributed by atoms with Crippen molar-refractivity contribution in [1.29, 1.82) is 0 Å². The quantitative estimate of drug-likeness (QED) is 0.786. The molecule has 1 heterocycles. The molecule has 15 heavy (non-hydrogen) atoms. The summed E-state index contributed by atoms with van der Waals surface area (Å²) in [5.41, 5.74) is 9.68. The van der Waals surface area contributed by atoms with Gasteiger partial charge in [0.05, 0.1) is 0 Å². The first-order valence-corrected chi connectivity index (χ1v) is 5.65. The summed E-state index contributed by atoms with van der Waals surface area (Å²) in [4.78, 5) is 3.49. The van der Waals surface area contributed by atoms with Crippen molar-refractivity contribution in [3.8, 4) is 0 Å². The topological polar surface area (TPSA) is 41.8 Å². The molecular formula is C13H18N2. The molecule has 0 fully saturated rings. The number of hydrogen-bond acceptors (Lipinski definition) is 1. The zero-order valence-corrected chi connectivity index (χ0v) is 9.22. The fourth-order valence-electron chi connectivity index (χ4n) is 2.15. The molecule has 2 heteroatoms. The number of nitrogens with two attached hydrogens (primary N) is 1. The van der Waals surface area contributed by atoms with Gasteiger partial charge in [0.2, 0.25) is 0 Å². The van der Waals surface area contributed by atoms with Crippen molar-refractivity contribution >= 4 is 10.9 Å². The first-order valence-electron chi connectivity index (χ1n) is 5.65. The third kappa shape index (κ3) is 1.90. The van der Waals surface area contributed by atoms with Gasteiger partial charge in [-0.25, -0.2) is 0 Å². The van der Waals surface area contributed by atoms with Gasteiger partial charge in [-0.15, -0.1) is 0 Å². The van der Waals surface area contributed by atoms with Gasteiger partial charge in [-0.1, -0.05) is 31.5 Å². The molecule has 0 spiro atoms. The Morgan fingerprint density at radius 2 is 2.00 bits per heavy atom. The Hall–Kier alpha value is -1.28. The molecule has 0 amide bonds. The second-order valence-corrected chi connectivity index (χ2v) is 3.92. The maximum atomic E-state index is 5.66. The number of hydrogen-bond donors (Lipinski definition) is 2. The molecule has 0 aliphatic heterocycles. The smallest absolute Gasteiger partial charge is 0.0458 e. The van der Waals surface area contributed by atoms with E-state index in [9.17, 15) is 0 Å². The first-order chi connectivity index (χ1) is 7.36. The van der Waals surface area contributed by atoms with Crippen molar-refractivity contribution < 1.29 is 0 Å². The number of fused-ring (bicyclic) bond motifs is 1. The Balaban J connectivity index is 2.53. The second-order valence-electron chi connectivity index (χ2n) is 3.92. The van der Waals surface area contributed by atoms with E-state index < -0.39 is 0 Å². The van der Waals surface area contributed by atoms with Gasteiger partial charge < -0.3 is 10.7 Å². The molecule has 0 unspecified atom stereocenters. The van der Waals surface area contributed by atoms with Gasteiger partial charge in [-0.3, -0.25) is 0 Å². The third-order valence-corrected chi connectivity index (χ3v) is 2.80. The van der Waals surface area contributed by atoms with Crippen molar-refractivity contribution in [2.45, 2.75) is 26.2 Å². The maximum absolute atomic E-state index is 5.66. The van der Waals surface area contributed by atoms with E-state index in [1.165, 1.54) is 28.6 Å². The highest BCUT2D eigenvalue weighted by atomic mass is 14.7. The molecule has 3 N–H and O–H groups in total. The van der Waals surface area contributed by atoms with E-state index in [4.69, 9.17) is 5.73 Å². The molecule has 80 valence electrons. The van der Waals surface area contributed by atoms with E-state index in [1.807, 2.05) is 0 Å². The number of benzene rings is 1. The van der Waals surface area contributed by atoms with Crippen molar-refractivity contribution in [2.75, 3.05) is 6.54 Å². The van der Waals surface area contributed by atoms with E-state index in [0.29, 0.717) is 0 Å². The minimum Gasteiger partial charge on any atom is -0.358 e. The van der Waals surface area contributed by atoms with Crippen molar-refractivity contribution in [3.63, 3.8) is 0 Å². The molecule has 2 rings (SSSR count). The summed E-state index contributed by atoms with van der Waals surface area (Å²) in [7, 11) is 0. The summed E-state index contributed by atoms with van der Waals surface area (Å²) in [5.74, 6) is 0. The molecule has 0 atom stereocenters. The van der Waals surface area contributed by atoms with Crippen LogP contribution in [-0.2, 0) is 12.8 Å². The fraction of sp³-hybridized carbons (Fsp3) is 0.385. The number of para-hydroxylation sites is 1. The van der Waals surface area contributed by atoms with E-state index in [2.05, 4.69) is 36.2 Å². The Morgan fingerprint density at radius 1 is 1.20 bits per heavy atom.